The molecule has 20 heavy (non-hydrogen) atoms. The number of pyridine rings is 1. The number of hydrogen-bond donors (Lipinski definition) is 2. The molecule has 0 atom stereocenters. The van der Waals surface area contributed by atoms with Crippen molar-refractivity contribution in [2.45, 2.75) is 20.1 Å². The van der Waals surface area contributed by atoms with Crippen LogP contribution in [-0.2, 0) is 17.9 Å². The summed E-state index contributed by atoms with van der Waals surface area (Å²) in [5, 5.41) is 6.28. The van der Waals surface area contributed by atoms with Gasteiger partial charge in [-0.2, -0.15) is 0 Å². The van der Waals surface area contributed by atoms with Crippen LogP contribution in [0.1, 0.15) is 17.1 Å². The van der Waals surface area contributed by atoms with Crippen molar-refractivity contribution in [3.05, 3.63) is 41.5 Å². The van der Waals surface area contributed by atoms with Gasteiger partial charge in [0.05, 0.1) is 0 Å². The third-order valence-electron chi connectivity index (χ3n) is 2.75. The maximum atomic E-state index is 5.07. The zero-order valence-corrected chi connectivity index (χ0v) is 12.0. The van der Waals surface area contributed by atoms with Crippen LogP contribution in [0.5, 0.6) is 0 Å². The molecule has 6 nitrogen and oxygen atoms in total. The van der Waals surface area contributed by atoms with E-state index in [1.807, 2.05) is 38.4 Å². The molecule has 2 N–H and O–H groups in total. The summed E-state index contributed by atoms with van der Waals surface area (Å²) < 4.78 is 5.07. The largest absolute Gasteiger partial charge is 0.377 e. The number of ether oxygens (including phenoxy) is 1. The second kappa shape index (κ2) is 6.81. The maximum absolute atomic E-state index is 5.07. The molecular weight excluding hydrogens is 254 g/mol. The Morgan fingerprint density at radius 1 is 1.20 bits per heavy atom. The number of aromatic nitrogens is 3. The number of nitrogens with one attached hydrogen (secondary N) is 2. The van der Waals surface area contributed by atoms with Gasteiger partial charge in [-0.25, -0.2) is 9.97 Å². The topological polar surface area (TPSA) is 72.0 Å². The molecule has 2 rings (SSSR count). The van der Waals surface area contributed by atoms with E-state index in [0.717, 1.165) is 22.9 Å². The van der Waals surface area contributed by atoms with E-state index in [0.29, 0.717) is 19.0 Å². The average molecular weight is 273 g/mol. The SMILES string of the molecule is CNc1cc(NCc2ccc(C)nc2)nc(COC)n1. The van der Waals surface area contributed by atoms with E-state index in [2.05, 4.69) is 25.6 Å². The first kappa shape index (κ1) is 14.2. The van der Waals surface area contributed by atoms with Crippen molar-refractivity contribution in [2.75, 3.05) is 24.8 Å². The Hall–Kier alpha value is -2.21. The molecule has 0 saturated carbocycles. The molecule has 0 radical (unpaired) electrons. The second-order valence-corrected chi connectivity index (χ2v) is 4.40. The van der Waals surface area contributed by atoms with Crippen LogP contribution in [0.15, 0.2) is 24.4 Å². The highest BCUT2D eigenvalue weighted by Crippen LogP contribution is 2.12. The molecule has 0 aromatic carbocycles. The van der Waals surface area contributed by atoms with Gasteiger partial charge in [-0.15, -0.1) is 0 Å². The molecule has 0 aliphatic carbocycles. The zero-order valence-electron chi connectivity index (χ0n) is 12.0. The Kier molecular flexibility index (Phi) is 4.84. The molecule has 0 bridgehead atoms. The number of aryl methyl sites for hydroxylation is 1. The number of nitrogens with zero attached hydrogens (tertiary/aromatic N) is 3. The zero-order chi connectivity index (χ0) is 14.4. The lowest BCUT2D eigenvalue weighted by molar-refractivity contribution is 0.178. The summed E-state index contributed by atoms with van der Waals surface area (Å²) in [6.07, 6.45) is 1.86. The van der Waals surface area contributed by atoms with Crippen LogP contribution >= 0.6 is 0 Å². The summed E-state index contributed by atoms with van der Waals surface area (Å²) in [7, 11) is 3.45. The van der Waals surface area contributed by atoms with Gasteiger partial charge in [0.25, 0.3) is 0 Å². The number of rotatable bonds is 6. The first-order chi connectivity index (χ1) is 9.71. The van der Waals surface area contributed by atoms with Gasteiger partial charge in [-0.05, 0) is 18.6 Å². The van der Waals surface area contributed by atoms with Gasteiger partial charge in [0.2, 0.25) is 0 Å². The molecule has 0 aliphatic heterocycles. The highest BCUT2D eigenvalue weighted by atomic mass is 16.5. The van der Waals surface area contributed by atoms with Crippen molar-refractivity contribution in [1.82, 2.24) is 15.0 Å². The number of methoxy groups -OCH3 is 1. The molecule has 0 spiro atoms. The Morgan fingerprint density at radius 2 is 2.00 bits per heavy atom. The van der Waals surface area contributed by atoms with Crippen molar-refractivity contribution >= 4 is 11.6 Å². The van der Waals surface area contributed by atoms with Crippen LogP contribution in [0.25, 0.3) is 0 Å². The van der Waals surface area contributed by atoms with Crippen LogP contribution in [0.3, 0.4) is 0 Å². The van der Waals surface area contributed by atoms with Gasteiger partial charge in [0.1, 0.15) is 18.2 Å². The fourth-order valence-electron chi connectivity index (χ4n) is 1.71. The average Bonchev–Trinajstić information content (AvgIpc) is 2.47. The smallest absolute Gasteiger partial charge is 0.158 e. The minimum absolute atomic E-state index is 0.385. The fourth-order valence-corrected chi connectivity index (χ4v) is 1.71. The summed E-state index contributed by atoms with van der Waals surface area (Å²) in [6.45, 7) is 3.02. The molecule has 6 heteroatoms. The summed E-state index contributed by atoms with van der Waals surface area (Å²) >= 11 is 0. The van der Waals surface area contributed by atoms with Gasteiger partial charge < -0.3 is 15.4 Å². The van der Waals surface area contributed by atoms with Crippen molar-refractivity contribution in [1.29, 1.82) is 0 Å². The molecule has 2 aromatic heterocycles. The molecule has 0 aliphatic rings. The van der Waals surface area contributed by atoms with E-state index in [1.165, 1.54) is 0 Å². The van der Waals surface area contributed by atoms with Gasteiger partial charge in [-0.1, -0.05) is 6.07 Å². The predicted octanol–water partition coefficient (Wildman–Crippen LogP) is 1.98. The Balaban J connectivity index is 2.07. The predicted molar refractivity (Wildman–Crippen MR) is 78.6 cm³/mol. The molecule has 2 aromatic rings. The molecule has 2 heterocycles. The summed E-state index contributed by atoms with van der Waals surface area (Å²) in [5.41, 5.74) is 2.11. The molecular formula is C14H19N5O. The Labute approximate surface area is 118 Å². The Bertz CT molecular complexity index is 556. The van der Waals surface area contributed by atoms with Crippen LogP contribution in [-0.4, -0.2) is 29.1 Å². The van der Waals surface area contributed by atoms with Crippen molar-refractivity contribution < 1.29 is 4.74 Å². The van der Waals surface area contributed by atoms with Gasteiger partial charge in [-0.3, -0.25) is 4.98 Å². The first-order valence-electron chi connectivity index (χ1n) is 6.41. The number of hydrogen-bond acceptors (Lipinski definition) is 6. The van der Waals surface area contributed by atoms with Crippen LogP contribution < -0.4 is 10.6 Å². The molecule has 0 unspecified atom stereocenters. The van der Waals surface area contributed by atoms with Gasteiger partial charge in [0, 0.05) is 38.7 Å². The Morgan fingerprint density at radius 3 is 2.65 bits per heavy atom. The second-order valence-electron chi connectivity index (χ2n) is 4.40. The molecule has 0 saturated heterocycles. The first-order valence-corrected chi connectivity index (χ1v) is 6.41. The van der Waals surface area contributed by atoms with Crippen LogP contribution in [0.4, 0.5) is 11.6 Å². The standard InChI is InChI=1S/C14H19N5O/c1-10-4-5-11(7-16-10)8-17-13-6-12(15-2)18-14(19-13)9-20-3/h4-7H,8-9H2,1-3H3,(H2,15,17,18,19). The lowest BCUT2D eigenvalue weighted by atomic mass is 10.2. The minimum atomic E-state index is 0.385. The molecule has 106 valence electrons. The monoisotopic (exact) mass is 273 g/mol. The van der Waals surface area contributed by atoms with Crippen molar-refractivity contribution in [3.8, 4) is 0 Å². The van der Waals surface area contributed by atoms with E-state index < -0.39 is 0 Å². The van der Waals surface area contributed by atoms with Gasteiger partial charge >= 0.3 is 0 Å². The highest BCUT2D eigenvalue weighted by Gasteiger charge is 2.04. The highest BCUT2D eigenvalue weighted by molar-refractivity contribution is 5.47. The minimum Gasteiger partial charge on any atom is -0.377 e. The van der Waals surface area contributed by atoms with E-state index in [4.69, 9.17) is 4.74 Å². The lowest BCUT2D eigenvalue weighted by Crippen LogP contribution is -2.07. The van der Waals surface area contributed by atoms with E-state index in [1.54, 1.807) is 7.11 Å². The summed E-state index contributed by atoms with van der Waals surface area (Å²) in [6, 6.07) is 5.90. The third kappa shape index (κ3) is 3.89. The summed E-state index contributed by atoms with van der Waals surface area (Å²) in [5.74, 6) is 2.16. The van der Waals surface area contributed by atoms with Crippen molar-refractivity contribution in [3.63, 3.8) is 0 Å². The fraction of sp³-hybridized carbons (Fsp3) is 0.357. The third-order valence-corrected chi connectivity index (χ3v) is 2.75. The quantitative estimate of drug-likeness (QED) is 0.838. The van der Waals surface area contributed by atoms with E-state index in [9.17, 15) is 0 Å². The summed E-state index contributed by atoms with van der Waals surface area (Å²) in [4.78, 5) is 13.0. The van der Waals surface area contributed by atoms with Crippen molar-refractivity contribution in [2.24, 2.45) is 0 Å². The molecule has 0 amide bonds. The lowest BCUT2D eigenvalue weighted by Gasteiger charge is -2.09. The van der Waals surface area contributed by atoms with Crippen LogP contribution in [0.2, 0.25) is 0 Å². The van der Waals surface area contributed by atoms with E-state index in [-0.39, 0.29) is 0 Å². The van der Waals surface area contributed by atoms with E-state index >= 15 is 0 Å². The maximum Gasteiger partial charge on any atom is 0.158 e. The molecule has 0 fully saturated rings. The normalized spacial score (nSPS) is 10.3. The van der Waals surface area contributed by atoms with Crippen LogP contribution in [0, 0.1) is 6.92 Å². The number of anilines is 2. The van der Waals surface area contributed by atoms with Gasteiger partial charge in [0.15, 0.2) is 5.82 Å².